The molecule has 1 aromatic heterocycles. The molecule has 0 bridgehead atoms. The summed E-state index contributed by atoms with van der Waals surface area (Å²) in [7, 11) is 0. The maximum atomic E-state index is 12.6. The number of hydrogen-bond donors (Lipinski definition) is 2. The largest absolute Gasteiger partial charge is 0.396 e. The Morgan fingerprint density at radius 2 is 2.24 bits per heavy atom. The Bertz CT molecular complexity index is 487. The molecular weight excluding hydrogens is 270 g/mol. The number of rotatable bonds is 3. The fraction of sp³-hybridized carbons (Fsp3) is 0.786. The first-order chi connectivity index (χ1) is 10.3. The number of piperidine rings is 1. The minimum Gasteiger partial charge on any atom is -0.396 e. The third kappa shape index (κ3) is 3.02. The first kappa shape index (κ1) is 14.3. The van der Waals surface area contributed by atoms with Crippen molar-refractivity contribution >= 4 is 6.03 Å². The van der Waals surface area contributed by atoms with Gasteiger partial charge in [0.1, 0.15) is 12.2 Å². The Kier molecular flexibility index (Phi) is 4.38. The maximum absolute atomic E-state index is 12.6. The van der Waals surface area contributed by atoms with Crippen molar-refractivity contribution in [1.29, 1.82) is 0 Å². The van der Waals surface area contributed by atoms with Crippen LogP contribution in [0, 0.1) is 0 Å². The molecule has 21 heavy (non-hydrogen) atoms. The van der Waals surface area contributed by atoms with E-state index in [9.17, 15) is 4.79 Å². The number of aliphatic hydroxyl groups is 1. The van der Waals surface area contributed by atoms with Crippen LogP contribution in [0.1, 0.15) is 50.4 Å². The summed E-state index contributed by atoms with van der Waals surface area (Å²) in [5, 5.41) is 16.4. The quantitative estimate of drug-likeness (QED) is 0.873. The highest BCUT2D eigenvalue weighted by Crippen LogP contribution is 2.24. The molecule has 2 unspecified atom stereocenters. The van der Waals surface area contributed by atoms with Crippen molar-refractivity contribution in [3.8, 4) is 0 Å². The van der Waals surface area contributed by atoms with Crippen LogP contribution in [0.25, 0.3) is 0 Å². The second kappa shape index (κ2) is 6.43. The van der Waals surface area contributed by atoms with Gasteiger partial charge in [0.05, 0.1) is 6.04 Å². The molecule has 1 aromatic rings. The number of aliphatic hydroxyl groups excluding tert-OH is 1. The Hall–Kier alpha value is -1.63. The van der Waals surface area contributed by atoms with Crippen LogP contribution in [0.3, 0.4) is 0 Å². The van der Waals surface area contributed by atoms with Crippen molar-refractivity contribution in [1.82, 2.24) is 25.0 Å². The molecule has 7 nitrogen and oxygen atoms in total. The van der Waals surface area contributed by atoms with Crippen LogP contribution in [-0.2, 0) is 6.54 Å². The summed E-state index contributed by atoms with van der Waals surface area (Å²) in [5.74, 6) is 0.852. The lowest BCUT2D eigenvalue weighted by Gasteiger charge is -2.36. The Labute approximate surface area is 124 Å². The first-order valence-electron chi connectivity index (χ1n) is 7.85. The van der Waals surface area contributed by atoms with E-state index in [1.165, 1.54) is 0 Å². The Balaban J connectivity index is 1.66. The number of urea groups is 1. The van der Waals surface area contributed by atoms with E-state index < -0.39 is 0 Å². The number of hydrogen-bond acceptors (Lipinski definition) is 4. The van der Waals surface area contributed by atoms with Gasteiger partial charge in [-0.25, -0.2) is 14.5 Å². The van der Waals surface area contributed by atoms with Gasteiger partial charge in [-0.05, 0) is 38.5 Å². The molecule has 0 spiro atoms. The molecule has 0 saturated carbocycles. The zero-order valence-corrected chi connectivity index (χ0v) is 12.2. The van der Waals surface area contributed by atoms with Gasteiger partial charge in [0, 0.05) is 25.7 Å². The van der Waals surface area contributed by atoms with Gasteiger partial charge >= 0.3 is 6.03 Å². The normalized spacial score (nSPS) is 25.5. The fourth-order valence-corrected chi connectivity index (χ4v) is 3.38. The number of carbonyl (C=O) groups is 1. The molecular formula is C14H23N5O2. The fourth-order valence-electron chi connectivity index (χ4n) is 3.38. The van der Waals surface area contributed by atoms with Gasteiger partial charge in [-0.1, -0.05) is 0 Å². The summed E-state index contributed by atoms with van der Waals surface area (Å²) in [5.41, 5.74) is 0. The molecule has 2 aliphatic rings. The molecule has 0 aromatic carbocycles. The lowest BCUT2D eigenvalue weighted by Crippen LogP contribution is -2.50. The molecule has 0 aliphatic carbocycles. The molecule has 2 aliphatic heterocycles. The number of aromatic nitrogens is 3. The summed E-state index contributed by atoms with van der Waals surface area (Å²) < 4.78 is 1.87. The third-order valence-electron chi connectivity index (χ3n) is 4.47. The molecule has 7 heteroatoms. The topological polar surface area (TPSA) is 83.3 Å². The van der Waals surface area contributed by atoms with Crippen molar-refractivity contribution < 1.29 is 9.90 Å². The van der Waals surface area contributed by atoms with Gasteiger partial charge in [0.2, 0.25) is 0 Å². The molecule has 3 heterocycles. The van der Waals surface area contributed by atoms with E-state index in [0.717, 1.165) is 51.0 Å². The summed E-state index contributed by atoms with van der Waals surface area (Å²) in [6.07, 6.45) is 7.27. The number of fused-ring (bicyclic) bond motifs is 1. The summed E-state index contributed by atoms with van der Waals surface area (Å²) in [4.78, 5) is 18.7. The van der Waals surface area contributed by atoms with Crippen LogP contribution in [0.2, 0.25) is 0 Å². The van der Waals surface area contributed by atoms with Crippen LogP contribution in [0.4, 0.5) is 4.79 Å². The molecule has 2 atom stereocenters. The van der Waals surface area contributed by atoms with E-state index in [-0.39, 0.29) is 24.7 Å². The second-order valence-corrected chi connectivity index (χ2v) is 5.84. The molecule has 1 saturated heterocycles. The number of amides is 2. The van der Waals surface area contributed by atoms with Crippen molar-refractivity contribution in [3.05, 3.63) is 12.2 Å². The minimum atomic E-state index is -0.0505. The van der Waals surface area contributed by atoms with Gasteiger partial charge in [-0.2, -0.15) is 5.10 Å². The Morgan fingerprint density at radius 1 is 1.33 bits per heavy atom. The van der Waals surface area contributed by atoms with Gasteiger partial charge in [-0.15, -0.1) is 0 Å². The van der Waals surface area contributed by atoms with Crippen LogP contribution in [0.15, 0.2) is 6.33 Å². The number of carbonyl (C=O) groups excluding carboxylic acids is 1. The van der Waals surface area contributed by atoms with Crippen LogP contribution in [0.5, 0.6) is 0 Å². The van der Waals surface area contributed by atoms with Crippen LogP contribution < -0.4 is 5.32 Å². The summed E-state index contributed by atoms with van der Waals surface area (Å²) in [6, 6.07) is 0.0743. The molecule has 0 radical (unpaired) electrons. The predicted molar refractivity (Wildman–Crippen MR) is 76.6 cm³/mol. The van der Waals surface area contributed by atoms with Gasteiger partial charge < -0.3 is 15.3 Å². The number of nitrogens with one attached hydrogen (secondary N) is 1. The highest BCUT2D eigenvalue weighted by atomic mass is 16.3. The number of likely N-dealkylation sites (tertiary alicyclic amines) is 1. The Morgan fingerprint density at radius 3 is 3.10 bits per heavy atom. The average molecular weight is 293 g/mol. The molecule has 116 valence electrons. The number of aryl methyl sites for hydroxylation is 1. The maximum Gasteiger partial charge on any atom is 0.318 e. The summed E-state index contributed by atoms with van der Waals surface area (Å²) in [6.45, 7) is 1.78. The third-order valence-corrected chi connectivity index (χ3v) is 4.47. The van der Waals surface area contributed by atoms with E-state index in [1.807, 2.05) is 9.58 Å². The molecule has 2 N–H and O–H groups in total. The lowest BCUT2D eigenvalue weighted by molar-refractivity contribution is 0.128. The van der Waals surface area contributed by atoms with Gasteiger partial charge in [-0.3, -0.25) is 0 Å². The number of nitrogens with zero attached hydrogens (tertiary/aromatic N) is 4. The zero-order valence-electron chi connectivity index (χ0n) is 12.2. The van der Waals surface area contributed by atoms with Crippen molar-refractivity contribution in [2.75, 3.05) is 13.2 Å². The SMILES string of the molecule is O=C(NC1CCCn2ncnc21)N1CCCCC1CCO. The summed E-state index contributed by atoms with van der Waals surface area (Å²) >= 11 is 0. The zero-order chi connectivity index (χ0) is 14.7. The smallest absolute Gasteiger partial charge is 0.318 e. The van der Waals surface area contributed by atoms with Gasteiger partial charge in [0.25, 0.3) is 0 Å². The standard InChI is InChI=1S/C14H23N5O2/c20-9-6-11-4-1-2-7-18(11)14(21)17-12-5-3-8-19-13(12)15-10-16-19/h10-12,20H,1-9H2,(H,17,21). The van der Waals surface area contributed by atoms with Crippen LogP contribution >= 0.6 is 0 Å². The van der Waals surface area contributed by atoms with E-state index in [0.29, 0.717) is 6.42 Å². The highest BCUT2D eigenvalue weighted by Gasteiger charge is 2.30. The van der Waals surface area contributed by atoms with Crippen molar-refractivity contribution in [3.63, 3.8) is 0 Å². The van der Waals surface area contributed by atoms with E-state index in [4.69, 9.17) is 5.11 Å². The van der Waals surface area contributed by atoms with Crippen molar-refractivity contribution in [2.45, 2.75) is 57.2 Å². The van der Waals surface area contributed by atoms with E-state index >= 15 is 0 Å². The van der Waals surface area contributed by atoms with Crippen LogP contribution in [-0.4, -0.2) is 50.0 Å². The lowest BCUT2D eigenvalue weighted by atomic mass is 10.00. The second-order valence-electron chi connectivity index (χ2n) is 5.84. The van der Waals surface area contributed by atoms with Crippen molar-refractivity contribution in [2.24, 2.45) is 0 Å². The predicted octanol–water partition coefficient (Wildman–Crippen LogP) is 1.06. The van der Waals surface area contributed by atoms with E-state index in [2.05, 4.69) is 15.4 Å². The first-order valence-corrected chi connectivity index (χ1v) is 7.85. The minimum absolute atomic E-state index is 0.0328. The average Bonchev–Trinajstić information content (AvgIpc) is 2.98. The molecule has 2 amide bonds. The molecule has 3 rings (SSSR count). The van der Waals surface area contributed by atoms with Gasteiger partial charge in [0.15, 0.2) is 0 Å². The highest BCUT2D eigenvalue weighted by molar-refractivity contribution is 5.75. The van der Waals surface area contributed by atoms with E-state index in [1.54, 1.807) is 6.33 Å². The molecule has 1 fully saturated rings. The monoisotopic (exact) mass is 293 g/mol.